The van der Waals surface area contributed by atoms with Crippen LogP contribution in [0.3, 0.4) is 0 Å². The monoisotopic (exact) mass is 348 g/mol. The van der Waals surface area contributed by atoms with Gasteiger partial charge in [0.05, 0.1) is 7.11 Å². The molecule has 6 heteroatoms. The number of hydrogen-bond donors (Lipinski definition) is 2. The molecule has 0 aliphatic rings. The van der Waals surface area contributed by atoms with Crippen molar-refractivity contribution in [3.63, 3.8) is 0 Å². The molecular weight excluding hydrogens is 324 g/mol. The number of hydrogen-bond acceptors (Lipinski definition) is 5. The Morgan fingerprint density at radius 1 is 1.29 bits per heavy atom. The van der Waals surface area contributed by atoms with E-state index < -0.39 is 0 Å². The van der Waals surface area contributed by atoms with Crippen molar-refractivity contribution in [3.8, 4) is 5.75 Å². The van der Waals surface area contributed by atoms with Gasteiger partial charge in [-0.1, -0.05) is 24.9 Å². The highest BCUT2D eigenvalue weighted by Crippen LogP contribution is 2.21. The number of halogens is 1. The molecule has 0 unspecified atom stereocenters. The first-order valence-corrected chi connectivity index (χ1v) is 8.19. The number of methoxy groups -OCH3 is 1. The molecule has 0 fully saturated rings. The zero-order valence-electron chi connectivity index (χ0n) is 14.9. The number of rotatable bonds is 5. The van der Waals surface area contributed by atoms with E-state index in [0.717, 1.165) is 35.5 Å². The van der Waals surface area contributed by atoms with Gasteiger partial charge in [-0.15, -0.1) is 0 Å². The summed E-state index contributed by atoms with van der Waals surface area (Å²) < 4.78 is 5.26. The molecule has 24 heavy (non-hydrogen) atoms. The predicted molar refractivity (Wildman–Crippen MR) is 101 cm³/mol. The van der Waals surface area contributed by atoms with Gasteiger partial charge in [-0.05, 0) is 31.9 Å². The first-order chi connectivity index (χ1) is 11.4. The summed E-state index contributed by atoms with van der Waals surface area (Å²) in [4.78, 5) is 8.12. The second-order valence-corrected chi connectivity index (χ2v) is 5.72. The van der Waals surface area contributed by atoms with Crippen LogP contribution in [0.5, 0.6) is 5.75 Å². The van der Waals surface area contributed by atoms with E-state index in [-0.39, 0.29) is 0 Å². The number of nitrogens with zero attached hydrogens (tertiary/aromatic N) is 2. The molecule has 0 amide bonds. The largest absolute Gasteiger partial charge is 0.496 e. The number of aryl methyl sites for hydroxylation is 2. The Kier molecular flexibility index (Phi) is 8.19. The fourth-order valence-electron chi connectivity index (χ4n) is 2.16. The lowest BCUT2D eigenvalue weighted by Crippen LogP contribution is -1.97. The minimum absolute atomic E-state index is 0.479. The summed E-state index contributed by atoms with van der Waals surface area (Å²) in [7, 11) is 3.54. The molecule has 2 heterocycles. The quantitative estimate of drug-likeness (QED) is 0.615. The van der Waals surface area contributed by atoms with Crippen molar-refractivity contribution >= 4 is 23.1 Å². The standard InChI is InChI=1S/C10H16N2O.C8H9ClN2/c1-4-5-8-7-12-10(11-2)6-9(8)13-3;1-5-3-8(9)11-4-7(5)6(2)10/h6-7H,4-5H2,1-3H3,(H,11,12);3-4,10H,1-2H3. The highest BCUT2D eigenvalue weighted by molar-refractivity contribution is 6.29. The van der Waals surface area contributed by atoms with Gasteiger partial charge in [0.15, 0.2) is 0 Å². The van der Waals surface area contributed by atoms with Crippen LogP contribution < -0.4 is 10.1 Å². The van der Waals surface area contributed by atoms with Crippen molar-refractivity contribution < 1.29 is 4.74 Å². The van der Waals surface area contributed by atoms with Crippen LogP contribution in [0.15, 0.2) is 24.5 Å². The first-order valence-electron chi connectivity index (χ1n) is 7.81. The van der Waals surface area contributed by atoms with Crippen molar-refractivity contribution in [2.24, 2.45) is 0 Å². The van der Waals surface area contributed by atoms with Crippen LogP contribution in [0.1, 0.15) is 37.0 Å². The van der Waals surface area contributed by atoms with Gasteiger partial charge in [-0.2, -0.15) is 0 Å². The first kappa shape index (κ1) is 19.9. The summed E-state index contributed by atoms with van der Waals surface area (Å²) in [5.74, 6) is 1.76. The highest BCUT2D eigenvalue weighted by Gasteiger charge is 2.03. The molecule has 0 atom stereocenters. The predicted octanol–water partition coefficient (Wildman–Crippen LogP) is 4.52. The zero-order chi connectivity index (χ0) is 18.1. The van der Waals surface area contributed by atoms with E-state index >= 15 is 0 Å². The molecule has 0 radical (unpaired) electrons. The Labute approximate surface area is 149 Å². The molecule has 130 valence electrons. The second-order valence-electron chi connectivity index (χ2n) is 5.33. The fraction of sp³-hybridized carbons (Fsp3) is 0.389. The van der Waals surface area contributed by atoms with E-state index in [9.17, 15) is 0 Å². The lowest BCUT2D eigenvalue weighted by molar-refractivity contribution is 0.409. The fourth-order valence-corrected chi connectivity index (χ4v) is 2.38. The molecule has 0 saturated heterocycles. The summed E-state index contributed by atoms with van der Waals surface area (Å²) in [5, 5.41) is 10.8. The molecule has 0 bridgehead atoms. The lowest BCUT2D eigenvalue weighted by atomic mass is 10.1. The molecule has 0 saturated carbocycles. The summed E-state index contributed by atoms with van der Waals surface area (Å²) in [6.45, 7) is 5.80. The SMILES string of the molecule is CC(=N)c1cnc(Cl)cc1C.CCCc1cnc(NC)cc1OC. The van der Waals surface area contributed by atoms with Crippen molar-refractivity contribution in [2.75, 3.05) is 19.5 Å². The Balaban J connectivity index is 0.000000243. The van der Waals surface area contributed by atoms with Crippen LogP contribution in [0.4, 0.5) is 5.82 Å². The van der Waals surface area contributed by atoms with Gasteiger partial charge in [0.1, 0.15) is 16.7 Å². The van der Waals surface area contributed by atoms with Crippen molar-refractivity contribution in [1.29, 1.82) is 5.41 Å². The highest BCUT2D eigenvalue weighted by atomic mass is 35.5. The minimum atomic E-state index is 0.479. The molecule has 2 rings (SSSR count). The normalized spacial score (nSPS) is 9.75. The number of anilines is 1. The summed E-state index contributed by atoms with van der Waals surface area (Å²) in [6.07, 6.45) is 5.62. The maximum absolute atomic E-state index is 7.36. The van der Waals surface area contributed by atoms with Crippen LogP contribution in [-0.4, -0.2) is 29.8 Å². The molecule has 2 aromatic rings. The van der Waals surface area contributed by atoms with Crippen molar-refractivity contribution in [3.05, 3.63) is 46.4 Å². The van der Waals surface area contributed by atoms with Crippen LogP contribution >= 0.6 is 11.6 Å². The number of aromatic nitrogens is 2. The lowest BCUT2D eigenvalue weighted by Gasteiger charge is -2.08. The minimum Gasteiger partial charge on any atom is -0.496 e. The molecule has 2 N–H and O–H groups in total. The maximum Gasteiger partial charge on any atom is 0.129 e. The van der Waals surface area contributed by atoms with Crippen LogP contribution in [-0.2, 0) is 6.42 Å². The van der Waals surface area contributed by atoms with E-state index in [1.54, 1.807) is 26.3 Å². The third-order valence-corrected chi connectivity index (χ3v) is 3.63. The molecule has 0 aliphatic heterocycles. The van der Waals surface area contributed by atoms with Gasteiger partial charge >= 0.3 is 0 Å². The molecular formula is C18H25ClN4O. The summed E-state index contributed by atoms with van der Waals surface area (Å²) in [6, 6.07) is 3.68. The van der Waals surface area contributed by atoms with Gasteiger partial charge in [0.25, 0.3) is 0 Å². The molecule has 0 spiro atoms. The van der Waals surface area contributed by atoms with E-state index in [1.165, 1.54) is 5.56 Å². The van der Waals surface area contributed by atoms with Gasteiger partial charge in [-0.3, -0.25) is 0 Å². The third-order valence-electron chi connectivity index (χ3n) is 3.42. The van der Waals surface area contributed by atoms with E-state index in [2.05, 4.69) is 22.2 Å². The third kappa shape index (κ3) is 5.81. The van der Waals surface area contributed by atoms with Crippen LogP contribution in [0.25, 0.3) is 0 Å². The van der Waals surface area contributed by atoms with Gasteiger partial charge in [0, 0.05) is 42.3 Å². The average molecular weight is 349 g/mol. The number of ether oxygens (including phenoxy) is 1. The Morgan fingerprint density at radius 2 is 2.00 bits per heavy atom. The summed E-state index contributed by atoms with van der Waals surface area (Å²) >= 11 is 5.64. The van der Waals surface area contributed by atoms with Crippen LogP contribution in [0, 0.1) is 12.3 Å². The Hall–Kier alpha value is -2.14. The van der Waals surface area contributed by atoms with Gasteiger partial charge in [0.2, 0.25) is 0 Å². The molecule has 5 nitrogen and oxygen atoms in total. The van der Waals surface area contributed by atoms with E-state index in [0.29, 0.717) is 10.9 Å². The second kappa shape index (κ2) is 9.88. The average Bonchev–Trinajstić information content (AvgIpc) is 2.55. The molecule has 2 aromatic heterocycles. The zero-order valence-corrected chi connectivity index (χ0v) is 15.7. The number of pyridine rings is 2. The smallest absolute Gasteiger partial charge is 0.129 e. The topological polar surface area (TPSA) is 70.9 Å². The molecule has 0 aromatic carbocycles. The van der Waals surface area contributed by atoms with E-state index in [1.807, 2.05) is 26.2 Å². The van der Waals surface area contributed by atoms with E-state index in [4.69, 9.17) is 21.7 Å². The van der Waals surface area contributed by atoms with Crippen molar-refractivity contribution in [1.82, 2.24) is 9.97 Å². The van der Waals surface area contributed by atoms with Crippen molar-refractivity contribution in [2.45, 2.75) is 33.6 Å². The van der Waals surface area contributed by atoms with Gasteiger partial charge < -0.3 is 15.5 Å². The molecule has 0 aliphatic carbocycles. The maximum atomic E-state index is 7.36. The Morgan fingerprint density at radius 3 is 2.50 bits per heavy atom. The van der Waals surface area contributed by atoms with Crippen LogP contribution in [0.2, 0.25) is 5.15 Å². The Bertz CT molecular complexity index is 689. The summed E-state index contributed by atoms with van der Waals surface area (Å²) in [5.41, 5.74) is 3.54. The van der Waals surface area contributed by atoms with Gasteiger partial charge in [-0.25, -0.2) is 9.97 Å². The number of nitrogens with one attached hydrogen (secondary N) is 2.